The van der Waals surface area contributed by atoms with Crippen LogP contribution in [-0.2, 0) is 11.2 Å². The maximum Gasteiger partial charge on any atom is 0.188 e. The van der Waals surface area contributed by atoms with E-state index in [0.717, 1.165) is 12.2 Å². The van der Waals surface area contributed by atoms with Crippen LogP contribution in [0.15, 0.2) is 18.2 Å². The Bertz CT molecular complexity index is 308. The number of aryl methyl sites for hydroxylation is 2. The molecule has 0 amide bonds. The molecule has 0 N–H and O–H groups in total. The van der Waals surface area contributed by atoms with Gasteiger partial charge in [-0.25, -0.2) is 0 Å². The second-order valence-corrected chi connectivity index (χ2v) is 4.16. The molecule has 0 unspecified atom stereocenters. The fourth-order valence-electron chi connectivity index (χ4n) is 1.76. The summed E-state index contributed by atoms with van der Waals surface area (Å²) < 4.78 is 10.4. The quantitative estimate of drug-likeness (QED) is 0.517. The van der Waals surface area contributed by atoms with Gasteiger partial charge in [-0.1, -0.05) is 25.8 Å². The molecular weight excluding hydrogens is 200 g/mol. The Morgan fingerprint density at radius 2 is 1.94 bits per heavy atom. The number of rotatable bonds is 7. The minimum Gasteiger partial charge on any atom is -0.468 e. The number of benzene rings is 1. The van der Waals surface area contributed by atoms with Crippen molar-refractivity contribution in [2.24, 2.45) is 0 Å². The van der Waals surface area contributed by atoms with Crippen LogP contribution in [0, 0.1) is 6.92 Å². The van der Waals surface area contributed by atoms with Gasteiger partial charge in [-0.2, -0.15) is 0 Å². The highest BCUT2D eigenvalue weighted by atomic mass is 16.7. The maximum atomic E-state index is 5.46. The van der Waals surface area contributed by atoms with Gasteiger partial charge in [0, 0.05) is 7.11 Å². The first-order valence-electron chi connectivity index (χ1n) is 5.98. The number of unbranched alkanes of at least 4 members (excludes halogenated alkanes) is 2. The Morgan fingerprint density at radius 1 is 1.12 bits per heavy atom. The molecule has 0 aliphatic rings. The molecule has 1 aromatic rings. The molecule has 0 bridgehead atoms. The summed E-state index contributed by atoms with van der Waals surface area (Å²) in [5.41, 5.74) is 2.61. The first kappa shape index (κ1) is 13.0. The van der Waals surface area contributed by atoms with Gasteiger partial charge in [0.15, 0.2) is 6.79 Å². The van der Waals surface area contributed by atoms with Crippen molar-refractivity contribution in [2.75, 3.05) is 13.9 Å². The summed E-state index contributed by atoms with van der Waals surface area (Å²) in [7, 11) is 1.64. The molecule has 0 saturated heterocycles. The van der Waals surface area contributed by atoms with Crippen LogP contribution in [0.25, 0.3) is 0 Å². The molecule has 0 fully saturated rings. The molecule has 0 heterocycles. The minimum atomic E-state index is 0.317. The average molecular weight is 222 g/mol. The fraction of sp³-hybridized carbons (Fsp3) is 0.571. The third-order valence-corrected chi connectivity index (χ3v) is 2.52. The standard InChI is InChI=1S/C14H22O2/c1-4-5-6-7-13-8-12(2)9-14(10-13)16-11-15-3/h8-10H,4-7,11H2,1-3H3. The van der Waals surface area contributed by atoms with E-state index in [9.17, 15) is 0 Å². The van der Waals surface area contributed by atoms with Crippen molar-refractivity contribution in [3.05, 3.63) is 29.3 Å². The first-order valence-corrected chi connectivity index (χ1v) is 5.98. The normalized spacial score (nSPS) is 10.4. The van der Waals surface area contributed by atoms with Crippen LogP contribution in [0.4, 0.5) is 0 Å². The molecule has 0 aliphatic heterocycles. The van der Waals surface area contributed by atoms with E-state index in [1.54, 1.807) is 7.11 Å². The van der Waals surface area contributed by atoms with Crippen molar-refractivity contribution in [3.63, 3.8) is 0 Å². The fourth-order valence-corrected chi connectivity index (χ4v) is 1.76. The molecule has 2 heteroatoms. The summed E-state index contributed by atoms with van der Waals surface area (Å²) in [4.78, 5) is 0. The Balaban J connectivity index is 2.58. The number of ether oxygens (including phenoxy) is 2. The predicted octanol–water partition coefficient (Wildman–Crippen LogP) is 3.71. The second kappa shape index (κ2) is 7.29. The Hall–Kier alpha value is -1.02. The molecule has 16 heavy (non-hydrogen) atoms. The lowest BCUT2D eigenvalue weighted by molar-refractivity contribution is 0.0510. The van der Waals surface area contributed by atoms with Gasteiger partial charge in [0.05, 0.1) is 0 Å². The summed E-state index contributed by atoms with van der Waals surface area (Å²) in [5.74, 6) is 0.911. The smallest absolute Gasteiger partial charge is 0.188 e. The minimum absolute atomic E-state index is 0.317. The van der Waals surface area contributed by atoms with Gasteiger partial charge < -0.3 is 9.47 Å². The van der Waals surface area contributed by atoms with Crippen LogP contribution in [0.2, 0.25) is 0 Å². The molecule has 90 valence electrons. The third-order valence-electron chi connectivity index (χ3n) is 2.52. The maximum absolute atomic E-state index is 5.46. The lowest BCUT2D eigenvalue weighted by atomic mass is 10.0. The Labute approximate surface area is 98.6 Å². The van der Waals surface area contributed by atoms with Crippen LogP contribution < -0.4 is 4.74 Å². The second-order valence-electron chi connectivity index (χ2n) is 4.16. The highest BCUT2D eigenvalue weighted by molar-refractivity contribution is 5.33. The van der Waals surface area contributed by atoms with Crippen LogP contribution in [0.3, 0.4) is 0 Å². The predicted molar refractivity (Wildman–Crippen MR) is 66.9 cm³/mol. The van der Waals surface area contributed by atoms with Gasteiger partial charge in [-0.15, -0.1) is 0 Å². The van der Waals surface area contributed by atoms with E-state index in [1.807, 2.05) is 6.07 Å². The Kier molecular flexibility index (Phi) is 5.94. The van der Waals surface area contributed by atoms with Crippen molar-refractivity contribution in [2.45, 2.75) is 39.5 Å². The lowest BCUT2D eigenvalue weighted by Crippen LogP contribution is -2.00. The first-order chi connectivity index (χ1) is 7.76. The van der Waals surface area contributed by atoms with Gasteiger partial charge in [-0.3, -0.25) is 0 Å². The Morgan fingerprint density at radius 3 is 2.62 bits per heavy atom. The van der Waals surface area contributed by atoms with Gasteiger partial charge >= 0.3 is 0 Å². The summed E-state index contributed by atoms with van der Waals surface area (Å²) in [5, 5.41) is 0. The number of hydrogen-bond acceptors (Lipinski definition) is 2. The zero-order chi connectivity index (χ0) is 11.8. The zero-order valence-electron chi connectivity index (χ0n) is 10.6. The van der Waals surface area contributed by atoms with Crippen LogP contribution in [0.1, 0.15) is 37.3 Å². The molecule has 1 aromatic carbocycles. The van der Waals surface area contributed by atoms with Crippen LogP contribution >= 0.6 is 0 Å². The van der Waals surface area contributed by atoms with E-state index >= 15 is 0 Å². The molecule has 2 nitrogen and oxygen atoms in total. The van der Waals surface area contributed by atoms with E-state index in [0.29, 0.717) is 6.79 Å². The molecule has 0 radical (unpaired) electrons. The van der Waals surface area contributed by atoms with Crippen molar-refractivity contribution in [1.82, 2.24) is 0 Å². The van der Waals surface area contributed by atoms with Crippen LogP contribution in [-0.4, -0.2) is 13.9 Å². The van der Waals surface area contributed by atoms with Crippen molar-refractivity contribution in [3.8, 4) is 5.75 Å². The third kappa shape index (κ3) is 4.67. The summed E-state index contributed by atoms with van der Waals surface area (Å²) in [6.07, 6.45) is 4.95. The average Bonchev–Trinajstić information content (AvgIpc) is 2.26. The highest BCUT2D eigenvalue weighted by Crippen LogP contribution is 2.18. The topological polar surface area (TPSA) is 18.5 Å². The highest BCUT2D eigenvalue weighted by Gasteiger charge is 1.99. The molecule has 0 aromatic heterocycles. The number of methoxy groups -OCH3 is 1. The molecular formula is C14H22O2. The van der Waals surface area contributed by atoms with Gasteiger partial charge in [0.2, 0.25) is 0 Å². The van der Waals surface area contributed by atoms with Crippen molar-refractivity contribution >= 4 is 0 Å². The summed E-state index contributed by atoms with van der Waals surface area (Å²) >= 11 is 0. The van der Waals surface area contributed by atoms with E-state index in [2.05, 4.69) is 26.0 Å². The van der Waals surface area contributed by atoms with E-state index in [4.69, 9.17) is 9.47 Å². The van der Waals surface area contributed by atoms with E-state index in [-0.39, 0.29) is 0 Å². The van der Waals surface area contributed by atoms with Gasteiger partial charge in [-0.05, 0) is 43.0 Å². The monoisotopic (exact) mass is 222 g/mol. The SMILES string of the molecule is CCCCCc1cc(C)cc(OCOC)c1. The van der Waals surface area contributed by atoms with Crippen LogP contribution in [0.5, 0.6) is 5.75 Å². The summed E-state index contributed by atoms with van der Waals surface area (Å²) in [6.45, 7) is 4.64. The molecule has 1 rings (SSSR count). The molecule has 0 aliphatic carbocycles. The van der Waals surface area contributed by atoms with E-state index < -0.39 is 0 Å². The van der Waals surface area contributed by atoms with Gasteiger partial charge in [0.25, 0.3) is 0 Å². The van der Waals surface area contributed by atoms with Crippen molar-refractivity contribution < 1.29 is 9.47 Å². The number of hydrogen-bond donors (Lipinski definition) is 0. The van der Waals surface area contributed by atoms with E-state index in [1.165, 1.54) is 30.4 Å². The lowest BCUT2D eigenvalue weighted by Gasteiger charge is -2.08. The molecule has 0 saturated carbocycles. The summed E-state index contributed by atoms with van der Waals surface area (Å²) in [6, 6.07) is 6.39. The zero-order valence-corrected chi connectivity index (χ0v) is 10.6. The molecule has 0 spiro atoms. The largest absolute Gasteiger partial charge is 0.468 e. The van der Waals surface area contributed by atoms with Crippen molar-refractivity contribution in [1.29, 1.82) is 0 Å². The molecule has 0 atom stereocenters. The van der Waals surface area contributed by atoms with Gasteiger partial charge in [0.1, 0.15) is 5.75 Å².